The van der Waals surface area contributed by atoms with Crippen LogP contribution >= 0.6 is 71.2 Å². The number of benzene rings is 6. The number of methoxy groups -OCH3 is 3. The Balaban J connectivity index is 0.000000221. The van der Waals surface area contributed by atoms with Gasteiger partial charge in [0.2, 0.25) is 0 Å². The smallest absolute Gasteiger partial charge is 0.336 e. The molecular formula is C50H45Br3ClF3N2O7S. The van der Waals surface area contributed by atoms with E-state index in [-0.39, 0.29) is 27.4 Å². The Labute approximate surface area is 421 Å². The number of hydrogen-bond acceptors (Lipinski definition) is 8. The first-order valence-corrected chi connectivity index (χ1v) is 24.2. The van der Waals surface area contributed by atoms with E-state index in [0.717, 1.165) is 53.4 Å². The summed E-state index contributed by atoms with van der Waals surface area (Å²) in [6.07, 6.45) is 4.24. The van der Waals surface area contributed by atoms with Crippen LogP contribution < -0.4 is 19.5 Å². The summed E-state index contributed by atoms with van der Waals surface area (Å²) in [4.78, 5) is 34.8. The van der Waals surface area contributed by atoms with E-state index in [9.17, 15) is 27.6 Å². The molecule has 6 aromatic rings. The molecule has 9 nitrogen and oxygen atoms in total. The average molecular weight is 1150 g/mol. The first-order valence-electron chi connectivity index (χ1n) is 20.2. The number of nitrogens with one attached hydrogen (secondary N) is 2. The van der Waals surface area contributed by atoms with Crippen LogP contribution in [-0.2, 0) is 38.5 Å². The molecule has 6 rings (SSSR count). The standard InChI is InChI=1S/C18H18BrFN2O2S.C16H13BrClFO2.C16H14BrFO3/c1-24-16-9-7-12(19)10-11(16)6-8-13-14(4-3-5-15(13)20)17(23)22-18(21)25-2;1-21-15-8-6-11(17)9-10(15)5-7-12-13(16(18)20)3-2-4-14(12)19;1-21-15-8-6-11(17)9-10(15)5-7-12-13(16(19)20)3-2-4-14(12)18/h3-5,7,9-10H,6,8H2,1-2H3,(H2,21,22,23);2-4,6,8-9H,5,7H2,1H3;2-4,6,8-9H,5,7H2,1H3,(H,19,20). The Hall–Kier alpha value is -5.13. The van der Waals surface area contributed by atoms with Gasteiger partial charge in [-0.05, 0) is 164 Å². The molecule has 0 unspecified atom stereocenters. The fourth-order valence-electron chi connectivity index (χ4n) is 6.86. The lowest BCUT2D eigenvalue weighted by Gasteiger charge is -2.13. The van der Waals surface area contributed by atoms with E-state index in [2.05, 4.69) is 53.1 Å². The van der Waals surface area contributed by atoms with E-state index in [1.165, 1.54) is 48.5 Å². The third-order valence-electron chi connectivity index (χ3n) is 10.1. The van der Waals surface area contributed by atoms with Gasteiger partial charge in [0.05, 0.1) is 26.9 Å². The Kier molecular flexibility index (Phi) is 22.0. The van der Waals surface area contributed by atoms with Crippen molar-refractivity contribution in [3.63, 3.8) is 0 Å². The minimum absolute atomic E-state index is 0.00367. The molecule has 0 fully saturated rings. The highest BCUT2D eigenvalue weighted by atomic mass is 79.9. The van der Waals surface area contributed by atoms with E-state index >= 15 is 0 Å². The van der Waals surface area contributed by atoms with E-state index in [1.807, 2.05) is 54.6 Å². The Bertz CT molecular complexity index is 2610. The van der Waals surface area contributed by atoms with Crippen LogP contribution in [0, 0.1) is 22.9 Å². The number of carbonyl (C=O) groups is 3. The van der Waals surface area contributed by atoms with Gasteiger partial charge in [-0.25, -0.2) is 18.0 Å². The maximum atomic E-state index is 14.3. The van der Waals surface area contributed by atoms with Gasteiger partial charge in [-0.2, -0.15) is 0 Å². The van der Waals surface area contributed by atoms with Gasteiger partial charge in [-0.15, -0.1) is 0 Å². The van der Waals surface area contributed by atoms with Crippen molar-refractivity contribution in [3.05, 3.63) is 190 Å². The summed E-state index contributed by atoms with van der Waals surface area (Å²) in [6.45, 7) is 0. The summed E-state index contributed by atoms with van der Waals surface area (Å²) in [6, 6.07) is 29.7. The predicted molar refractivity (Wildman–Crippen MR) is 269 cm³/mol. The third kappa shape index (κ3) is 16.0. The molecule has 0 atom stereocenters. The van der Waals surface area contributed by atoms with Crippen molar-refractivity contribution in [1.29, 1.82) is 5.41 Å². The number of hydrogen-bond donors (Lipinski definition) is 3. The van der Waals surface area contributed by atoms with Gasteiger partial charge in [-0.3, -0.25) is 15.0 Å². The number of amides is 1. The van der Waals surface area contributed by atoms with Crippen molar-refractivity contribution in [2.75, 3.05) is 27.6 Å². The summed E-state index contributed by atoms with van der Waals surface area (Å²) in [5.74, 6) is -0.799. The zero-order valence-electron chi connectivity index (χ0n) is 36.6. The van der Waals surface area contributed by atoms with Crippen LogP contribution in [-0.4, -0.2) is 55.0 Å². The molecule has 352 valence electrons. The van der Waals surface area contributed by atoms with Crippen molar-refractivity contribution in [2.24, 2.45) is 0 Å². The normalized spacial score (nSPS) is 10.4. The van der Waals surface area contributed by atoms with Crippen molar-refractivity contribution < 1.29 is 46.9 Å². The molecule has 0 aliphatic rings. The van der Waals surface area contributed by atoms with Gasteiger partial charge in [0.1, 0.15) is 34.7 Å². The number of halogens is 7. The third-order valence-corrected chi connectivity index (χ3v) is 12.3. The molecule has 6 aromatic carbocycles. The summed E-state index contributed by atoms with van der Waals surface area (Å²) in [5, 5.41) is 18.5. The number of carbonyl (C=O) groups excluding carboxylic acids is 2. The Morgan fingerprint density at radius 3 is 1.27 bits per heavy atom. The van der Waals surface area contributed by atoms with Crippen molar-refractivity contribution in [2.45, 2.75) is 38.5 Å². The lowest BCUT2D eigenvalue weighted by molar-refractivity contribution is 0.0694. The summed E-state index contributed by atoms with van der Waals surface area (Å²) >= 11 is 16.8. The molecule has 17 heteroatoms. The summed E-state index contributed by atoms with van der Waals surface area (Å²) in [5.41, 5.74) is 4.09. The zero-order chi connectivity index (χ0) is 49.2. The predicted octanol–water partition coefficient (Wildman–Crippen LogP) is 13.3. The molecule has 0 spiro atoms. The van der Waals surface area contributed by atoms with Gasteiger partial charge in [0.15, 0.2) is 5.17 Å². The summed E-state index contributed by atoms with van der Waals surface area (Å²) in [7, 11) is 4.74. The van der Waals surface area contributed by atoms with E-state index in [4.69, 9.17) is 36.3 Å². The molecule has 0 saturated heterocycles. The van der Waals surface area contributed by atoms with Crippen LogP contribution in [0.4, 0.5) is 13.2 Å². The average Bonchev–Trinajstić information content (AvgIpc) is 3.30. The molecule has 0 aliphatic carbocycles. The Morgan fingerprint density at radius 2 is 0.925 bits per heavy atom. The van der Waals surface area contributed by atoms with Crippen molar-refractivity contribution in [1.82, 2.24) is 5.32 Å². The van der Waals surface area contributed by atoms with Gasteiger partial charge in [0.25, 0.3) is 11.1 Å². The molecular weight excluding hydrogens is 1100 g/mol. The molecule has 3 N–H and O–H groups in total. The first-order chi connectivity index (χ1) is 32.0. The molecule has 0 heterocycles. The second-order valence-corrected chi connectivity index (χ2v) is 18.1. The van der Waals surface area contributed by atoms with Crippen LogP contribution in [0.1, 0.15) is 64.5 Å². The van der Waals surface area contributed by atoms with Crippen LogP contribution in [0.25, 0.3) is 0 Å². The minimum Gasteiger partial charge on any atom is -0.496 e. The van der Waals surface area contributed by atoms with E-state index in [1.54, 1.807) is 33.7 Å². The highest BCUT2D eigenvalue weighted by Crippen LogP contribution is 2.29. The molecule has 0 bridgehead atoms. The number of thioether (sulfide) groups is 1. The topological polar surface area (TPSA) is 135 Å². The molecule has 0 aliphatic heterocycles. The minimum atomic E-state index is -1.12. The maximum Gasteiger partial charge on any atom is 0.336 e. The fourth-order valence-corrected chi connectivity index (χ4v) is 8.46. The molecule has 0 saturated carbocycles. The Morgan fingerprint density at radius 1 is 0.582 bits per heavy atom. The number of carboxylic acid groups (broad SMARTS) is 1. The fraction of sp³-hybridized carbons (Fsp3) is 0.200. The quantitative estimate of drug-likeness (QED) is 0.0526. The van der Waals surface area contributed by atoms with E-state index < -0.39 is 34.6 Å². The van der Waals surface area contributed by atoms with Gasteiger partial charge >= 0.3 is 5.97 Å². The molecule has 0 radical (unpaired) electrons. The molecule has 0 aromatic heterocycles. The van der Waals surface area contributed by atoms with Crippen LogP contribution in [0.15, 0.2) is 123 Å². The van der Waals surface area contributed by atoms with Gasteiger partial charge < -0.3 is 24.6 Å². The second kappa shape index (κ2) is 27.0. The van der Waals surface area contributed by atoms with Crippen molar-refractivity contribution in [3.8, 4) is 17.2 Å². The highest BCUT2D eigenvalue weighted by Gasteiger charge is 2.19. The van der Waals surface area contributed by atoms with E-state index in [0.29, 0.717) is 55.4 Å². The first kappa shape index (κ1) is 54.5. The monoisotopic (exact) mass is 1150 g/mol. The number of amidine groups is 1. The van der Waals surface area contributed by atoms with Crippen LogP contribution in [0.3, 0.4) is 0 Å². The summed E-state index contributed by atoms with van der Waals surface area (Å²) < 4.78 is 60.7. The number of aromatic carboxylic acids is 1. The lowest BCUT2D eigenvalue weighted by atomic mass is 9.98. The van der Waals surface area contributed by atoms with Crippen LogP contribution in [0.2, 0.25) is 0 Å². The lowest BCUT2D eigenvalue weighted by Crippen LogP contribution is -2.28. The largest absolute Gasteiger partial charge is 0.496 e. The number of carboxylic acids is 1. The number of aryl methyl sites for hydroxylation is 3. The molecule has 1 amide bonds. The maximum absolute atomic E-state index is 14.3. The van der Waals surface area contributed by atoms with Crippen molar-refractivity contribution >= 4 is 93.4 Å². The highest BCUT2D eigenvalue weighted by molar-refractivity contribution is 9.11. The van der Waals surface area contributed by atoms with Gasteiger partial charge in [0, 0.05) is 41.2 Å². The van der Waals surface area contributed by atoms with Gasteiger partial charge in [-0.1, -0.05) is 77.8 Å². The van der Waals surface area contributed by atoms with Crippen LogP contribution in [0.5, 0.6) is 17.2 Å². The zero-order valence-corrected chi connectivity index (χ0v) is 42.9. The SMILES string of the molecule is COc1ccc(Br)cc1CCc1c(F)cccc1C(=O)Cl.COc1ccc(Br)cc1CCc1c(F)cccc1C(=O)NC(=N)SC.COc1ccc(Br)cc1CCc1c(F)cccc1C(=O)O. The molecule has 67 heavy (non-hydrogen) atoms. The second-order valence-electron chi connectivity index (χ2n) is 14.2. The number of rotatable bonds is 15. The number of ether oxygens (including phenoxy) is 3.